The lowest BCUT2D eigenvalue weighted by Crippen LogP contribution is -2.07. The van der Waals surface area contributed by atoms with Gasteiger partial charge in [0.15, 0.2) is 5.78 Å². The number of aromatic nitrogens is 2. The summed E-state index contributed by atoms with van der Waals surface area (Å²) in [5.74, 6) is 0.713. The van der Waals surface area contributed by atoms with E-state index in [9.17, 15) is 4.79 Å². The molecule has 80 valence electrons. The molecule has 0 atom stereocenters. The molecule has 1 aliphatic carbocycles. The highest BCUT2D eigenvalue weighted by Crippen LogP contribution is 2.29. The first kappa shape index (κ1) is 10.6. The minimum atomic E-state index is 0.146. The molecule has 0 radical (unpaired) electrons. The molecule has 1 aliphatic rings. The summed E-state index contributed by atoms with van der Waals surface area (Å²) in [5.41, 5.74) is 0.628. The van der Waals surface area contributed by atoms with Crippen molar-refractivity contribution >= 4 is 17.5 Å². The molecule has 0 aliphatic heterocycles. The minimum absolute atomic E-state index is 0.146. The lowest BCUT2D eigenvalue weighted by atomic mass is 10.2. The van der Waals surface area contributed by atoms with E-state index in [0.717, 1.165) is 0 Å². The number of Topliss-reactive ketones (excluding diaryl/α,β-unsaturated/α-hetero) is 1. The summed E-state index contributed by atoms with van der Waals surface area (Å²) in [6, 6.07) is 0. The summed E-state index contributed by atoms with van der Waals surface area (Å²) in [6.07, 6.45) is 9.79. The average Bonchev–Trinajstić information content (AvgIpc) is 2.80. The van der Waals surface area contributed by atoms with Gasteiger partial charge in [-0.1, -0.05) is 12.8 Å². The maximum Gasteiger partial charge on any atom is 0.175 e. The van der Waals surface area contributed by atoms with E-state index in [1.807, 2.05) is 0 Å². The molecule has 4 heteroatoms. The van der Waals surface area contributed by atoms with Crippen molar-refractivity contribution < 1.29 is 4.79 Å². The molecule has 1 aromatic rings. The van der Waals surface area contributed by atoms with Gasteiger partial charge in [-0.2, -0.15) is 11.8 Å². The molecule has 0 bridgehead atoms. The molecule has 1 heterocycles. The first-order chi connectivity index (χ1) is 7.36. The Morgan fingerprint density at radius 1 is 1.33 bits per heavy atom. The number of hydrogen-bond donors (Lipinski definition) is 0. The highest BCUT2D eigenvalue weighted by molar-refractivity contribution is 8.00. The summed E-state index contributed by atoms with van der Waals surface area (Å²) in [7, 11) is 0. The van der Waals surface area contributed by atoms with Gasteiger partial charge in [0.2, 0.25) is 0 Å². The average molecular weight is 222 g/mol. The molecule has 3 nitrogen and oxygen atoms in total. The quantitative estimate of drug-likeness (QED) is 0.733. The van der Waals surface area contributed by atoms with Crippen LogP contribution in [0, 0.1) is 0 Å². The van der Waals surface area contributed by atoms with Gasteiger partial charge in [-0.3, -0.25) is 4.79 Å². The van der Waals surface area contributed by atoms with Gasteiger partial charge in [0.25, 0.3) is 0 Å². The second-order valence-corrected chi connectivity index (χ2v) is 5.06. The SMILES string of the molecule is O=C(CSC1CCCC1)c1cncnc1. The van der Waals surface area contributed by atoms with Crippen molar-refractivity contribution in [3.05, 3.63) is 24.3 Å². The zero-order chi connectivity index (χ0) is 10.5. The monoisotopic (exact) mass is 222 g/mol. The van der Waals surface area contributed by atoms with Crippen LogP contribution in [-0.2, 0) is 0 Å². The van der Waals surface area contributed by atoms with E-state index in [-0.39, 0.29) is 5.78 Å². The van der Waals surface area contributed by atoms with Gasteiger partial charge in [-0.25, -0.2) is 9.97 Å². The number of thioether (sulfide) groups is 1. The molecule has 0 saturated heterocycles. The first-order valence-electron chi connectivity index (χ1n) is 5.26. The van der Waals surface area contributed by atoms with Crippen molar-refractivity contribution in [2.75, 3.05) is 5.75 Å². The molecule has 0 aromatic carbocycles. The van der Waals surface area contributed by atoms with Crippen LogP contribution >= 0.6 is 11.8 Å². The third-order valence-corrected chi connectivity index (χ3v) is 4.01. The molecule has 0 spiro atoms. The molecule has 0 N–H and O–H groups in total. The predicted octanol–water partition coefficient (Wildman–Crippen LogP) is 2.34. The van der Waals surface area contributed by atoms with E-state index in [2.05, 4.69) is 9.97 Å². The number of rotatable bonds is 4. The predicted molar refractivity (Wildman–Crippen MR) is 61.1 cm³/mol. The fraction of sp³-hybridized carbons (Fsp3) is 0.545. The molecular weight excluding hydrogens is 208 g/mol. The van der Waals surface area contributed by atoms with Gasteiger partial charge in [-0.15, -0.1) is 0 Å². The van der Waals surface area contributed by atoms with E-state index in [1.54, 1.807) is 24.2 Å². The van der Waals surface area contributed by atoms with E-state index in [4.69, 9.17) is 0 Å². The Labute approximate surface area is 93.7 Å². The maximum absolute atomic E-state index is 11.7. The summed E-state index contributed by atoms with van der Waals surface area (Å²) in [5, 5.41) is 0.693. The van der Waals surface area contributed by atoms with Crippen LogP contribution in [0.15, 0.2) is 18.7 Å². The molecular formula is C11H14N2OS. The Bertz CT molecular complexity index is 323. The first-order valence-corrected chi connectivity index (χ1v) is 6.31. The van der Waals surface area contributed by atoms with E-state index >= 15 is 0 Å². The molecule has 15 heavy (non-hydrogen) atoms. The zero-order valence-electron chi connectivity index (χ0n) is 8.56. The van der Waals surface area contributed by atoms with Crippen molar-refractivity contribution in [2.24, 2.45) is 0 Å². The van der Waals surface area contributed by atoms with Gasteiger partial charge in [-0.05, 0) is 12.8 Å². The van der Waals surface area contributed by atoms with Crippen LogP contribution in [0.25, 0.3) is 0 Å². The second kappa shape index (κ2) is 5.26. The lowest BCUT2D eigenvalue weighted by Gasteiger charge is -2.06. The standard InChI is InChI=1S/C11H14N2OS/c14-11(9-5-12-8-13-6-9)7-15-10-3-1-2-4-10/h5-6,8,10H,1-4,7H2. The largest absolute Gasteiger partial charge is 0.293 e. The van der Waals surface area contributed by atoms with Crippen LogP contribution in [0.3, 0.4) is 0 Å². The van der Waals surface area contributed by atoms with Crippen molar-refractivity contribution in [2.45, 2.75) is 30.9 Å². The molecule has 1 aromatic heterocycles. The van der Waals surface area contributed by atoms with Gasteiger partial charge >= 0.3 is 0 Å². The summed E-state index contributed by atoms with van der Waals surface area (Å²) < 4.78 is 0. The molecule has 0 unspecified atom stereocenters. The second-order valence-electron chi connectivity index (χ2n) is 3.77. The Morgan fingerprint density at radius 3 is 2.67 bits per heavy atom. The van der Waals surface area contributed by atoms with Crippen LogP contribution in [0.5, 0.6) is 0 Å². The van der Waals surface area contributed by atoms with Gasteiger partial charge in [0.05, 0.1) is 11.3 Å². The lowest BCUT2D eigenvalue weighted by molar-refractivity contribution is 0.102. The van der Waals surface area contributed by atoms with E-state index < -0.39 is 0 Å². The highest BCUT2D eigenvalue weighted by atomic mass is 32.2. The van der Waals surface area contributed by atoms with Gasteiger partial charge < -0.3 is 0 Å². The Hall–Kier alpha value is -0.900. The fourth-order valence-corrected chi connectivity index (χ4v) is 3.00. The smallest absolute Gasteiger partial charge is 0.175 e. The highest BCUT2D eigenvalue weighted by Gasteiger charge is 2.17. The number of hydrogen-bond acceptors (Lipinski definition) is 4. The molecule has 1 saturated carbocycles. The van der Waals surface area contributed by atoms with E-state index in [0.29, 0.717) is 16.6 Å². The Balaban J connectivity index is 1.82. The third kappa shape index (κ3) is 3.02. The van der Waals surface area contributed by atoms with Crippen molar-refractivity contribution in [1.82, 2.24) is 9.97 Å². The van der Waals surface area contributed by atoms with Crippen LogP contribution in [0.1, 0.15) is 36.0 Å². The number of carbonyl (C=O) groups is 1. The van der Waals surface area contributed by atoms with Crippen LogP contribution in [0.4, 0.5) is 0 Å². The summed E-state index contributed by atoms with van der Waals surface area (Å²) >= 11 is 1.78. The van der Waals surface area contributed by atoms with Crippen LogP contribution < -0.4 is 0 Å². The van der Waals surface area contributed by atoms with Crippen LogP contribution in [-0.4, -0.2) is 26.8 Å². The molecule has 1 fully saturated rings. The van der Waals surface area contributed by atoms with E-state index in [1.165, 1.54) is 32.0 Å². The Morgan fingerprint density at radius 2 is 2.00 bits per heavy atom. The third-order valence-electron chi connectivity index (χ3n) is 2.63. The topological polar surface area (TPSA) is 42.9 Å². The van der Waals surface area contributed by atoms with Crippen molar-refractivity contribution in [3.63, 3.8) is 0 Å². The minimum Gasteiger partial charge on any atom is -0.293 e. The normalized spacial score (nSPS) is 16.8. The summed E-state index contributed by atoms with van der Waals surface area (Å²) in [4.78, 5) is 19.4. The number of carbonyl (C=O) groups excluding carboxylic acids is 1. The number of nitrogens with zero attached hydrogens (tertiary/aromatic N) is 2. The van der Waals surface area contributed by atoms with Gasteiger partial charge in [0.1, 0.15) is 6.33 Å². The molecule has 0 amide bonds. The fourth-order valence-electron chi connectivity index (χ4n) is 1.77. The summed E-state index contributed by atoms with van der Waals surface area (Å²) in [6.45, 7) is 0. The Kier molecular flexibility index (Phi) is 3.72. The number of ketones is 1. The van der Waals surface area contributed by atoms with Gasteiger partial charge in [0, 0.05) is 17.6 Å². The molecule has 2 rings (SSSR count). The zero-order valence-corrected chi connectivity index (χ0v) is 9.37. The van der Waals surface area contributed by atoms with Crippen LogP contribution in [0.2, 0.25) is 0 Å². The van der Waals surface area contributed by atoms with Crippen molar-refractivity contribution in [1.29, 1.82) is 0 Å². The maximum atomic E-state index is 11.7. The van der Waals surface area contributed by atoms with Crippen molar-refractivity contribution in [3.8, 4) is 0 Å².